The molecule has 0 saturated carbocycles. The summed E-state index contributed by atoms with van der Waals surface area (Å²) >= 11 is 0. The van der Waals surface area contributed by atoms with Crippen molar-refractivity contribution >= 4 is 23.7 Å². The highest BCUT2D eigenvalue weighted by atomic mass is 16.4. The van der Waals surface area contributed by atoms with Crippen LogP contribution in [0.2, 0.25) is 0 Å². The topological polar surface area (TPSA) is 125 Å². The first-order valence-corrected chi connectivity index (χ1v) is 8.72. The fraction of sp³-hybridized carbons (Fsp3) is 0.588. The molecule has 0 bridgehead atoms. The summed E-state index contributed by atoms with van der Waals surface area (Å²) in [6.07, 6.45) is 5.90. The van der Waals surface area contributed by atoms with E-state index in [1.807, 2.05) is 13.8 Å². The van der Waals surface area contributed by atoms with Gasteiger partial charge >= 0.3 is 12.0 Å². The van der Waals surface area contributed by atoms with Gasteiger partial charge in [-0.3, -0.25) is 9.78 Å². The monoisotopic (exact) mass is 363 g/mol. The molecule has 142 valence electrons. The summed E-state index contributed by atoms with van der Waals surface area (Å²) in [5.41, 5.74) is 0. The van der Waals surface area contributed by atoms with Crippen LogP contribution in [-0.4, -0.2) is 57.0 Å². The van der Waals surface area contributed by atoms with Crippen LogP contribution in [0.25, 0.3) is 0 Å². The molecular formula is C17H25N5O4. The molecule has 1 fully saturated rings. The van der Waals surface area contributed by atoms with Gasteiger partial charge < -0.3 is 20.6 Å². The number of anilines is 1. The number of carboxylic acid groups (broad SMARTS) is 1. The number of carbonyl (C=O) groups excluding carboxylic acids is 2. The zero-order valence-electron chi connectivity index (χ0n) is 15.0. The second-order valence-electron chi connectivity index (χ2n) is 6.81. The van der Waals surface area contributed by atoms with Crippen LogP contribution in [0.3, 0.4) is 0 Å². The standard InChI is InChI=1S/C17H25N5O4/c1-11(2)9-13(16(24)25)20-17(26)22-7-3-12(4-8-22)15(23)21-14-10-18-5-6-19-14/h5-6,10-13H,3-4,7-9H2,1-2H3,(H,20,26)(H,24,25)(H,19,21,23)/t13-/m0/s1. The normalized spacial score (nSPS) is 16.2. The number of carbonyl (C=O) groups is 3. The van der Waals surface area contributed by atoms with Crippen LogP contribution in [-0.2, 0) is 9.59 Å². The number of hydrogen-bond donors (Lipinski definition) is 3. The molecule has 26 heavy (non-hydrogen) atoms. The van der Waals surface area contributed by atoms with Crippen molar-refractivity contribution in [3.8, 4) is 0 Å². The lowest BCUT2D eigenvalue weighted by atomic mass is 9.96. The molecule has 9 heteroatoms. The minimum Gasteiger partial charge on any atom is -0.480 e. The SMILES string of the molecule is CC(C)C[C@H](NC(=O)N1CCC(C(=O)Nc2cnccn2)CC1)C(=O)O. The molecule has 3 N–H and O–H groups in total. The first-order valence-electron chi connectivity index (χ1n) is 8.72. The second-order valence-corrected chi connectivity index (χ2v) is 6.81. The van der Waals surface area contributed by atoms with Crippen molar-refractivity contribution in [3.05, 3.63) is 18.6 Å². The maximum absolute atomic E-state index is 12.3. The number of aromatic nitrogens is 2. The average molecular weight is 363 g/mol. The third-order valence-corrected chi connectivity index (χ3v) is 4.27. The minimum atomic E-state index is -1.04. The van der Waals surface area contributed by atoms with Crippen molar-refractivity contribution in [1.29, 1.82) is 0 Å². The van der Waals surface area contributed by atoms with E-state index < -0.39 is 18.0 Å². The molecule has 0 unspecified atom stereocenters. The van der Waals surface area contributed by atoms with E-state index in [4.69, 9.17) is 0 Å². The summed E-state index contributed by atoms with van der Waals surface area (Å²) in [4.78, 5) is 45.3. The molecule has 1 aromatic heterocycles. The Morgan fingerprint density at radius 1 is 1.27 bits per heavy atom. The van der Waals surface area contributed by atoms with E-state index in [9.17, 15) is 19.5 Å². The van der Waals surface area contributed by atoms with E-state index in [-0.39, 0.29) is 17.7 Å². The quantitative estimate of drug-likeness (QED) is 0.700. The molecule has 0 spiro atoms. The lowest BCUT2D eigenvalue weighted by molar-refractivity contribution is -0.139. The number of nitrogens with zero attached hydrogens (tertiary/aromatic N) is 3. The average Bonchev–Trinajstić information content (AvgIpc) is 2.61. The van der Waals surface area contributed by atoms with Gasteiger partial charge in [0.25, 0.3) is 0 Å². The first-order chi connectivity index (χ1) is 12.4. The summed E-state index contributed by atoms with van der Waals surface area (Å²) in [5.74, 6) is -0.839. The fourth-order valence-corrected chi connectivity index (χ4v) is 2.87. The smallest absolute Gasteiger partial charge is 0.326 e. The van der Waals surface area contributed by atoms with Gasteiger partial charge in [0.05, 0.1) is 6.20 Å². The van der Waals surface area contributed by atoms with Gasteiger partial charge in [0.15, 0.2) is 5.82 Å². The summed E-state index contributed by atoms with van der Waals surface area (Å²) in [6, 6.07) is -1.30. The molecule has 2 heterocycles. The largest absolute Gasteiger partial charge is 0.480 e. The van der Waals surface area contributed by atoms with Crippen molar-refractivity contribution in [1.82, 2.24) is 20.2 Å². The first kappa shape index (κ1) is 19.6. The van der Waals surface area contributed by atoms with Crippen LogP contribution >= 0.6 is 0 Å². The van der Waals surface area contributed by atoms with Gasteiger partial charge in [0.1, 0.15) is 6.04 Å². The Labute approximate surface area is 152 Å². The van der Waals surface area contributed by atoms with Gasteiger partial charge in [0, 0.05) is 31.4 Å². The predicted octanol–water partition coefficient (Wildman–Crippen LogP) is 1.34. The number of aliphatic carboxylic acids is 1. The third kappa shape index (κ3) is 5.68. The zero-order chi connectivity index (χ0) is 19.1. The lowest BCUT2D eigenvalue weighted by Gasteiger charge is -2.32. The Morgan fingerprint density at radius 3 is 2.50 bits per heavy atom. The van der Waals surface area contributed by atoms with Crippen LogP contribution in [0.15, 0.2) is 18.6 Å². The van der Waals surface area contributed by atoms with Crippen molar-refractivity contribution in [2.24, 2.45) is 11.8 Å². The summed E-state index contributed by atoms with van der Waals surface area (Å²) < 4.78 is 0. The third-order valence-electron chi connectivity index (χ3n) is 4.27. The Bertz CT molecular complexity index is 629. The summed E-state index contributed by atoms with van der Waals surface area (Å²) in [6.45, 7) is 4.61. The highest BCUT2D eigenvalue weighted by Crippen LogP contribution is 2.19. The Balaban J connectivity index is 1.82. The zero-order valence-corrected chi connectivity index (χ0v) is 15.0. The molecule has 0 aromatic carbocycles. The molecule has 1 aromatic rings. The van der Waals surface area contributed by atoms with Crippen LogP contribution in [0, 0.1) is 11.8 Å². The van der Waals surface area contributed by atoms with Crippen LogP contribution in [0.4, 0.5) is 10.6 Å². The van der Waals surface area contributed by atoms with Crippen LogP contribution in [0.1, 0.15) is 33.1 Å². The Hall–Kier alpha value is -2.71. The molecule has 1 aliphatic heterocycles. The molecule has 3 amide bonds. The maximum atomic E-state index is 12.3. The van der Waals surface area contributed by atoms with Crippen molar-refractivity contribution in [2.75, 3.05) is 18.4 Å². The Kier molecular flexibility index (Phi) is 6.88. The molecule has 0 radical (unpaired) electrons. The van der Waals surface area contributed by atoms with Crippen LogP contribution in [0.5, 0.6) is 0 Å². The molecule has 2 rings (SSSR count). The van der Waals surface area contributed by atoms with E-state index in [2.05, 4.69) is 20.6 Å². The van der Waals surface area contributed by atoms with Gasteiger partial charge in [-0.05, 0) is 25.2 Å². The number of piperidine rings is 1. The second kappa shape index (κ2) is 9.12. The lowest BCUT2D eigenvalue weighted by Crippen LogP contribution is -2.51. The minimum absolute atomic E-state index is 0.145. The number of nitrogens with one attached hydrogen (secondary N) is 2. The molecule has 9 nitrogen and oxygen atoms in total. The summed E-state index contributed by atoms with van der Waals surface area (Å²) in [5, 5.41) is 14.5. The molecule has 0 aliphatic carbocycles. The molecule has 1 atom stereocenters. The van der Waals surface area contributed by atoms with Crippen molar-refractivity contribution in [3.63, 3.8) is 0 Å². The van der Waals surface area contributed by atoms with Crippen LogP contribution < -0.4 is 10.6 Å². The number of carboxylic acids is 1. The number of amides is 3. The number of urea groups is 1. The van der Waals surface area contributed by atoms with Crippen molar-refractivity contribution in [2.45, 2.75) is 39.2 Å². The van der Waals surface area contributed by atoms with Gasteiger partial charge in [-0.25, -0.2) is 14.6 Å². The van der Waals surface area contributed by atoms with E-state index in [1.165, 1.54) is 18.6 Å². The number of hydrogen-bond acceptors (Lipinski definition) is 5. The molecule has 1 saturated heterocycles. The fourth-order valence-electron chi connectivity index (χ4n) is 2.87. The highest BCUT2D eigenvalue weighted by molar-refractivity contribution is 5.91. The van der Waals surface area contributed by atoms with E-state index in [0.29, 0.717) is 38.2 Å². The Morgan fingerprint density at radius 2 is 1.96 bits per heavy atom. The van der Waals surface area contributed by atoms with E-state index >= 15 is 0 Å². The van der Waals surface area contributed by atoms with E-state index in [1.54, 1.807) is 4.90 Å². The maximum Gasteiger partial charge on any atom is 0.326 e. The van der Waals surface area contributed by atoms with Gasteiger partial charge in [-0.1, -0.05) is 13.8 Å². The van der Waals surface area contributed by atoms with Gasteiger partial charge in [0.2, 0.25) is 5.91 Å². The highest BCUT2D eigenvalue weighted by Gasteiger charge is 2.29. The predicted molar refractivity (Wildman–Crippen MR) is 94.4 cm³/mol. The molecule has 1 aliphatic rings. The van der Waals surface area contributed by atoms with Gasteiger partial charge in [-0.15, -0.1) is 0 Å². The van der Waals surface area contributed by atoms with Gasteiger partial charge in [-0.2, -0.15) is 0 Å². The number of likely N-dealkylation sites (tertiary alicyclic amines) is 1. The summed E-state index contributed by atoms with van der Waals surface area (Å²) in [7, 11) is 0. The molecular weight excluding hydrogens is 338 g/mol. The van der Waals surface area contributed by atoms with E-state index in [0.717, 1.165) is 0 Å². The van der Waals surface area contributed by atoms with Crippen molar-refractivity contribution < 1.29 is 19.5 Å². The number of rotatable bonds is 6.